The van der Waals surface area contributed by atoms with E-state index in [2.05, 4.69) is 6.07 Å². The van der Waals surface area contributed by atoms with Crippen LogP contribution >= 0.6 is 0 Å². The Morgan fingerprint density at radius 2 is 2.17 bits per heavy atom. The Labute approximate surface area is 97.9 Å². The van der Waals surface area contributed by atoms with Crippen molar-refractivity contribution in [2.75, 3.05) is 0 Å². The number of carbonyl (C=O) groups is 1. The molecule has 0 unspecified atom stereocenters. The summed E-state index contributed by atoms with van der Waals surface area (Å²) in [7, 11) is 0. The van der Waals surface area contributed by atoms with Gasteiger partial charge in [0.15, 0.2) is 0 Å². The van der Waals surface area contributed by atoms with Crippen LogP contribution in [-0.2, 0) is 32.7 Å². The molecule has 1 radical (unpaired) electrons. The standard InChI is InChI=1S/C8H7O2.CH3.Y/c1-6-3-2-4-7(5-6)8(9)10;;/h2-3,5H,1H3,(H,9,10);1H3;/q2*-1;. The Balaban J connectivity index is 0. The number of rotatable bonds is 1. The van der Waals surface area contributed by atoms with Gasteiger partial charge in [-0.3, -0.25) is 0 Å². The third-order valence-corrected chi connectivity index (χ3v) is 1.19. The van der Waals surface area contributed by atoms with E-state index in [1.54, 1.807) is 12.1 Å². The predicted molar refractivity (Wildman–Crippen MR) is 43.4 cm³/mol. The van der Waals surface area contributed by atoms with Crippen LogP contribution in [0.4, 0.5) is 0 Å². The van der Waals surface area contributed by atoms with Gasteiger partial charge in [-0.15, -0.1) is 29.8 Å². The van der Waals surface area contributed by atoms with Crippen molar-refractivity contribution in [3.63, 3.8) is 0 Å². The molecule has 0 heterocycles. The van der Waals surface area contributed by atoms with E-state index in [0.717, 1.165) is 5.56 Å². The smallest absolute Gasteiger partial charge is 0.247 e. The minimum Gasteiger partial charge on any atom is -0.521 e. The molecule has 2 nitrogen and oxygen atoms in total. The first-order valence-electron chi connectivity index (χ1n) is 2.92. The zero-order valence-corrected chi connectivity index (χ0v) is 10.0. The molecular weight excluding hydrogens is 229 g/mol. The van der Waals surface area contributed by atoms with Crippen LogP contribution in [0, 0.1) is 20.4 Å². The number of aromatic carboxylic acids is 1. The van der Waals surface area contributed by atoms with Crippen molar-refractivity contribution in [1.82, 2.24) is 0 Å². The third kappa shape index (κ3) is 3.98. The van der Waals surface area contributed by atoms with Gasteiger partial charge >= 0.3 is 0 Å². The van der Waals surface area contributed by atoms with Crippen molar-refractivity contribution < 1.29 is 42.6 Å². The normalized spacial score (nSPS) is 7.75. The molecule has 0 aliphatic carbocycles. The average molecular weight is 239 g/mol. The monoisotopic (exact) mass is 239 g/mol. The fourth-order valence-corrected chi connectivity index (χ4v) is 0.704. The molecule has 0 amide bonds. The number of carboxylic acid groups (broad SMARTS) is 1. The molecule has 0 atom stereocenters. The average Bonchev–Trinajstić information content (AvgIpc) is 1.88. The van der Waals surface area contributed by atoms with Crippen LogP contribution < -0.4 is 0 Å². The Kier molecular flexibility index (Phi) is 7.55. The first-order valence-corrected chi connectivity index (χ1v) is 2.92. The van der Waals surface area contributed by atoms with Gasteiger partial charge in [-0.2, -0.15) is 0 Å². The first-order chi connectivity index (χ1) is 4.70. The maximum absolute atomic E-state index is 10.3. The SMILES string of the molecule is Cc1cc[c-]c(C(=O)O)c1.[CH3-].[Y]. The molecule has 0 bridgehead atoms. The van der Waals surface area contributed by atoms with E-state index in [0.29, 0.717) is 0 Å². The van der Waals surface area contributed by atoms with Crippen molar-refractivity contribution in [3.8, 4) is 0 Å². The van der Waals surface area contributed by atoms with Crippen LogP contribution in [0.2, 0.25) is 0 Å². The van der Waals surface area contributed by atoms with E-state index in [1.165, 1.54) is 0 Å². The zero-order valence-electron chi connectivity index (χ0n) is 7.16. The Morgan fingerprint density at radius 3 is 2.50 bits per heavy atom. The number of hydrogen-bond donors (Lipinski definition) is 1. The molecule has 3 heteroatoms. The van der Waals surface area contributed by atoms with Crippen LogP contribution in [0.25, 0.3) is 0 Å². The molecule has 12 heavy (non-hydrogen) atoms. The summed E-state index contributed by atoms with van der Waals surface area (Å²) in [4.78, 5) is 10.3. The Bertz CT molecular complexity index is 258. The van der Waals surface area contributed by atoms with Gasteiger partial charge in [0, 0.05) is 32.7 Å². The van der Waals surface area contributed by atoms with Gasteiger partial charge in [0.2, 0.25) is 5.97 Å². The number of benzene rings is 1. The molecule has 0 aliphatic heterocycles. The minimum atomic E-state index is -0.927. The molecule has 1 N–H and O–H groups in total. The van der Waals surface area contributed by atoms with Crippen molar-refractivity contribution in [2.45, 2.75) is 6.92 Å². The van der Waals surface area contributed by atoms with Crippen LogP contribution in [0.1, 0.15) is 15.9 Å². The van der Waals surface area contributed by atoms with Crippen LogP contribution in [0.3, 0.4) is 0 Å². The largest absolute Gasteiger partial charge is 0.521 e. The maximum Gasteiger partial charge on any atom is 0.247 e. The summed E-state index contributed by atoms with van der Waals surface area (Å²) in [5, 5.41) is 8.48. The number of carboxylic acids is 1. The van der Waals surface area contributed by atoms with Gasteiger partial charge in [-0.05, 0) is 0 Å². The Morgan fingerprint density at radius 1 is 1.58 bits per heavy atom. The molecule has 0 fully saturated rings. The van der Waals surface area contributed by atoms with Crippen LogP contribution in [0.15, 0.2) is 18.2 Å². The summed E-state index contributed by atoms with van der Waals surface area (Å²) < 4.78 is 0. The van der Waals surface area contributed by atoms with Crippen LogP contribution in [-0.4, -0.2) is 11.1 Å². The van der Waals surface area contributed by atoms with Crippen molar-refractivity contribution in [2.24, 2.45) is 0 Å². The second-order valence-corrected chi connectivity index (χ2v) is 2.08. The fourth-order valence-electron chi connectivity index (χ4n) is 0.704. The van der Waals surface area contributed by atoms with Gasteiger partial charge in [-0.1, -0.05) is 12.5 Å². The topological polar surface area (TPSA) is 37.3 Å². The summed E-state index contributed by atoms with van der Waals surface area (Å²) in [5.41, 5.74) is 1.16. The fraction of sp³-hybridized carbons (Fsp3) is 0.111. The maximum atomic E-state index is 10.3. The van der Waals surface area contributed by atoms with Crippen molar-refractivity contribution in [1.29, 1.82) is 0 Å². The van der Waals surface area contributed by atoms with Gasteiger partial charge in [0.05, 0.1) is 0 Å². The van der Waals surface area contributed by atoms with E-state index in [-0.39, 0.29) is 45.7 Å². The molecule has 0 aliphatic rings. The van der Waals surface area contributed by atoms with E-state index in [9.17, 15) is 4.79 Å². The molecule has 63 valence electrons. The zero-order chi connectivity index (χ0) is 7.56. The minimum absolute atomic E-state index is 0. The van der Waals surface area contributed by atoms with Gasteiger partial charge in [0.1, 0.15) is 0 Å². The second kappa shape index (κ2) is 6.33. The predicted octanol–water partition coefficient (Wildman–Crippen LogP) is 1.94. The molecule has 0 aromatic heterocycles. The van der Waals surface area contributed by atoms with E-state index in [1.807, 2.05) is 13.0 Å². The number of hydrogen-bond acceptors (Lipinski definition) is 1. The molecule has 0 spiro atoms. The van der Waals surface area contributed by atoms with E-state index in [4.69, 9.17) is 5.11 Å². The van der Waals surface area contributed by atoms with Gasteiger partial charge in [0.25, 0.3) is 0 Å². The number of aryl methyl sites for hydroxylation is 1. The van der Waals surface area contributed by atoms with Gasteiger partial charge < -0.3 is 17.3 Å². The van der Waals surface area contributed by atoms with Gasteiger partial charge in [-0.25, -0.2) is 0 Å². The first kappa shape index (κ1) is 14.3. The van der Waals surface area contributed by atoms with Crippen molar-refractivity contribution in [3.05, 3.63) is 42.8 Å². The van der Waals surface area contributed by atoms with E-state index < -0.39 is 5.97 Å². The molecule has 1 aromatic rings. The third-order valence-electron chi connectivity index (χ3n) is 1.19. The summed E-state index contributed by atoms with van der Waals surface area (Å²) >= 11 is 0. The Hall–Kier alpha value is -0.206. The summed E-state index contributed by atoms with van der Waals surface area (Å²) in [6.45, 7) is 1.85. The molecule has 0 saturated carbocycles. The molecule has 1 aromatic carbocycles. The molecule has 0 saturated heterocycles. The molecular formula is C9H10O2Y-2. The summed E-state index contributed by atoms with van der Waals surface area (Å²) in [5.74, 6) is -0.927. The second-order valence-electron chi connectivity index (χ2n) is 2.08. The van der Waals surface area contributed by atoms with E-state index >= 15 is 0 Å². The van der Waals surface area contributed by atoms with Crippen LogP contribution in [0.5, 0.6) is 0 Å². The van der Waals surface area contributed by atoms with Crippen molar-refractivity contribution >= 4 is 5.97 Å². The molecule has 1 rings (SSSR count). The summed E-state index contributed by atoms with van der Waals surface area (Å²) in [6, 6.07) is 7.62. The summed E-state index contributed by atoms with van der Waals surface area (Å²) in [6.07, 6.45) is 0. The quantitative estimate of drug-likeness (QED) is 0.760.